The minimum absolute atomic E-state index is 0.722. The molecule has 0 aliphatic heterocycles. The largest absolute Gasteiger partial charge is 0.493 e. The maximum atomic E-state index is 5.30. The number of hydrogen-bond acceptors (Lipinski definition) is 4. The molecule has 1 aromatic heterocycles. The maximum Gasteiger partial charge on any atom is 0.161 e. The van der Waals surface area contributed by atoms with Gasteiger partial charge in [-0.15, -0.1) is 11.3 Å². The molecule has 0 saturated carbocycles. The number of benzene rings is 1. The summed E-state index contributed by atoms with van der Waals surface area (Å²) in [6, 6.07) is 3.92. The molecule has 0 radical (unpaired) electrons. The van der Waals surface area contributed by atoms with Crippen molar-refractivity contribution in [1.29, 1.82) is 0 Å². The lowest BCUT2D eigenvalue weighted by Gasteiger charge is -2.11. The third-order valence-electron chi connectivity index (χ3n) is 2.44. The third-order valence-corrected chi connectivity index (χ3v) is 4.02. The fraction of sp³-hybridized carbons (Fsp3) is 0.250. The number of nitrogens with zero attached hydrogens (tertiary/aromatic N) is 1. The van der Waals surface area contributed by atoms with Crippen molar-refractivity contribution in [2.75, 3.05) is 14.2 Å². The average molecular weight is 314 g/mol. The molecule has 1 aromatic carbocycles. The van der Waals surface area contributed by atoms with Crippen molar-refractivity contribution in [3.05, 3.63) is 27.7 Å². The van der Waals surface area contributed by atoms with Crippen LogP contribution in [0.2, 0.25) is 0 Å². The van der Waals surface area contributed by atoms with Crippen LogP contribution in [0.5, 0.6) is 11.5 Å². The van der Waals surface area contributed by atoms with Gasteiger partial charge in [0.15, 0.2) is 11.5 Å². The zero-order valence-corrected chi connectivity index (χ0v) is 12.2. The number of aryl methyl sites for hydroxylation is 1. The molecule has 0 spiro atoms. The van der Waals surface area contributed by atoms with Gasteiger partial charge < -0.3 is 9.47 Å². The Morgan fingerprint density at radius 3 is 2.35 bits per heavy atom. The lowest BCUT2D eigenvalue weighted by atomic mass is 10.1. The van der Waals surface area contributed by atoms with Gasteiger partial charge in [0.2, 0.25) is 0 Å². The topological polar surface area (TPSA) is 31.4 Å². The predicted octanol–water partition coefficient (Wildman–Crippen LogP) is 3.90. The molecule has 2 rings (SSSR count). The summed E-state index contributed by atoms with van der Waals surface area (Å²) < 4.78 is 11.4. The van der Waals surface area contributed by atoms with Crippen molar-refractivity contribution in [2.24, 2.45) is 0 Å². The fourth-order valence-corrected chi connectivity index (χ4v) is 2.92. The van der Waals surface area contributed by atoms with E-state index in [0.29, 0.717) is 0 Å². The van der Waals surface area contributed by atoms with Gasteiger partial charge in [0.25, 0.3) is 0 Å². The quantitative estimate of drug-likeness (QED) is 0.861. The van der Waals surface area contributed by atoms with E-state index in [2.05, 4.69) is 20.9 Å². The van der Waals surface area contributed by atoms with E-state index in [1.54, 1.807) is 25.6 Å². The SMILES string of the molecule is COc1cc(C)c(-c2nc(Br)cs2)cc1OC. The Kier molecular flexibility index (Phi) is 3.69. The van der Waals surface area contributed by atoms with Crippen LogP contribution in [-0.2, 0) is 0 Å². The number of aromatic nitrogens is 1. The van der Waals surface area contributed by atoms with Crippen molar-refractivity contribution in [2.45, 2.75) is 6.92 Å². The Hall–Kier alpha value is -1.07. The summed E-state index contributed by atoms with van der Waals surface area (Å²) >= 11 is 4.96. The van der Waals surface area contributed by atoms with Crippen molar-refractivity contribution in [3.8, 4) is 22.1 Å². The van der Waals surface area contributed by atoms with Crippen molar-refractivity contribution < 1.29 is 9.47 Å². The molecule has 0 unspecified atom stereocenters. The first-order chi connectivity index (χ1) is 8.15. The fourth-order valence-electron chi connectivity index (χ4n) is 1.59. The molecule has 0 N–H and O–H groups in total. The van der Waals surface area contributed by atoms with Gasteiger partial charge in [0.05, 0.1) is 14.2 Å². The highest BCUT2D eigenvalue weighted by Gasteiger charge is 2.12. The molecule has 1 heterocycles. The molecule has 2 aromatic rings. The molecule has 0 atom stereocenters. The Balaban J connectivity index is 2.55. The second-order valence-electron chi connectivity index (χ2n) is 3.50. The number of rotatable bonds is 3. The van der Waals surface area contributed by atoms with Gasteiger partial charge in [-0.2, -0.15) is 0 Å². The van der Waals surface area contributed by atoms with Gasteiger partial charge in [-0.05, 0) is 40.5 Å². The lowest BCUT2D eigenvalue weighted by Crippen LogP contribution is -1.93. The number of methoxy groups -OCH3 is 2. The molecule has 0 aliphatic rings. The zero-order chi connectivity index (χ0) is 12.4. The predicted molar refractivity (Wildman–Crippen MR) is 73.1 cm³/mol. The summed E-state index contributed by atoms with van der Waals surface area (Å²) in [5.74, 6) is 1.46. The molecule has 17 heavy (non-hydrogen) atoms. The van der Waals surface area contributed by atoms with Crippen LogP contribution in [0.1, 0.15) is 5.56 Å². The second-order valence-corrected chi connectivity index (χ2v) is 5.17. The highest BCUT2D eigenvalue weighted by atomic mass is 79.9. The van der Waals surface area contributed by atoms with Gasteiger partial charge in [-0.25, -0.2) is 4.98 Å². The van der Waals surface area contributed by atoms with E-state index in [4.69, 9.17) is 9.47 Å². The van der Waals surface area contributed by atoms with Gasteiger partial charge in [0.1, 0.15) is 9.61 Å². The standard InChI is InChI=1S/C12H12BrNO2S/c1-7-4-9(15-2)10(16-3)5-8(7)12-14-11(13)6-17-12/h4-6H,1-3H3. The van der Waals surface area contributed by atoms with E-state index >= 15 is 0 Å². The van der Waals surface area contributed by atoms with Gasteiger partial charge in [0, 0.05) is 10.9 Å². The van der Waals surface area contributed by atoms with Crippen LogP contribution >= 0.6 is 27.3 Å². The van der Waals surface area contributed by atoms with Crippen LogP contribution in [0.25, 0.3) is 10.6 Å². The Bertz CT molecular complexity index is 539. The van der Waals surface area contributed by atoms with Crippen molar-refractivity contribution in [1.82, 2.24) is 4.98 Å². The zero-order valence-electron chi connectivity index (χ0n) is 9.78. The summed E-state index contributed by atoms with van der Waals surface area (Å²) in [5.41, 5.74) is 2.18. The minimum atomic E-state index is 0.722. The van der Waals surface area contributed by atoms with Crippen LogP contribution in [0, 0.1) is 6.92 Å². The maximum absolute atomic E-state index is 5.30. The summed E-state index contributed by atoms with van der Waals surface area (Å²) in [6.07, 6.45) is 0. The first-order valence-corrected chi connectivity index (χ1v) is 6.67. The monoisotopic (exact) mass is 313 g/mol. The van der Waals surface area contributed by atoms with Crippen LogP contribution in [-0.4, -0.2) is 19.2 Å². The number of thiazole rings is 1. The average Bonchev–Trinajstić information content (AvgIpc) is 2.75. The smallest absolute Gasteiger partial charge is 0.161 e. The summed E-state index contributed by atoms with van der Waals surface area (Å²) in [7, 11) is 3.27. The lowest BCUT2D eigenvalue weighted by molar-refractivity contribution is 0.355. The number of hydrogen-bond donors (Lipinski definition) is 0. The highest BCUT2D eigenvalue weighted by Crippen LogP contribution is 2.36. The number of ether oxygens (including phenoxy) is 2. The number of halogens is 1. The van der Waals surface area contributed by atoms with E-state index in [1.807, 2.05) is 24.4 Å². The molecule has 0 saturated heterocycles. The van der Waals surface area contributed by atoms with Gasteiger partial charge in [-0.1, -0.05) is 0 Å². The van der Waals surface area contributed by atoms with E-state index in [1.165, 1.54) is 0 Å². The molecule has 90 valence electrons. The van der Waals surface area contributed by atoms with E-state index < -0.39 is 0 Å². The van der Waals surface area contributed by atoms with E-state index in [9.17, 15) is 0 Å². The summed E-state index contributed by atoms with van der Waals surface area (Å²) in [6.45, 7) is 2.03. The van der Waals surface area contributed by atoms with Gasteiger partial charge in [-0.3, -0.25) is 0 Å². The van der Waals surface area contributed by atoms with E-state index in [0.717, 1.165) is 32.2 Å². The van der Waals surface area contributed by atoms with Crippen molar-refractivity contribution in [3.63, 3.8) is 0 Å². The van der Waals surface area contributed by atoms with Crippen molar-refractivity contribution >= 4 is 27.3 Å². The van der Waals surface area contributed by atoms with Crippen LogP contribution in [0.3, 0.4) is 0 Å². The molecular weight excluding hydrogens is 302 g/mol. The molecule has 0 bridgehead atoms. The summed E-state index contributed by atoms with van der Waals surface area (Å²) in [4.78, 5) is 4.41. The van der Waals surface area contributed by atoms with E-state index in [-0.39, 0.29) is 0 Å². The molecule has 0 fully saturated rings. The van der Waals surface area contributed by atoms with Gasteiger partial charge >= 0.3 is 0 Å². The first kappa shape index (κ1) is 12.4. The highest BCUT2D eigenvalue weighted by molar-refractivity contribution is 9.10. The normalized spacial score (nSPS) is 10.4. The Morgan fingerprint density at radius 2 is 1.82 bits per heavy atom. The van der Waals surface area contributed by atoms with Crippen LogP contribution in [0.15, 0.2) is 22.1 Å². The molecule has 0 amide bonds. The van der Waals surface area contributed by atoms with Crippen LogP contribution in [0.4, 0.5) is 0 Å². The Labute approximate surface area is 113 Å². The Morgan fingerprint density at radius 1 is 1.18 bits per heavy atom. The minimum Gasteiger partial charge on any atom is -0.493 e. The summed E-state index contributed by atoms with van der Waals surface area (Å²) in [5, 5.41) is 2.93. The molecule has 3 nitrogen and oxygen atoms in total. The first-order valence-electron chi connectivity index (χ1n) is 4.99. The molecule has 0 aliphatic carbocycles. The molecular formula is C12H12BrNO2S. The van der Waals surface area contributed by atoms with Crippen LogP contribution < -0.4 is 9.47 Å². The molecule has 5 heteroatoms. The third kappa shape index (κ3) is 2.45. The second kappa shape index (κ2) is 5.06.